The number of urea groups is 1. The summed E-state index contributed by atoms with van der Waals surface area (Å²) < 4.78 is 24.4. The lowest BCUT2D eigenvalue weighted by Gasteiger charge is -2.29. The number of carbonyl (C=O) groups is 1. The van der Waals surface area contributed by atoms with Crippen LogP contribution >= 0.6 is 0 Å². The van der Waals surface area contributed by atoms with E-state index in [1.807, 2.05) is 31.2 Å². The predicted molar refractivity (Wildman–Crippen MR) is 111 cm³/mol. The molecule has 2 amide bonds. The van der Waals surface area contributed by atoms with Crippen LogP contribution in [0.15, 0.2) is 42.5 Å². The van der Waals surface area contributed by atoms with Crippen molar-refractivity contribution in [3.05, 3.63) is 53.8 Å². The van der Waals surface area contributed by atoms with Gasteiger partial charge in [0.05, 0.1) is 25.4 Å². The molecular formula is C22H28FN3O3. The Labute approximate surface area is 171 Å². The number of methoxy groups -OCH3 is 1. The SMILES string of the molecule is CCOc1cc(F)ccc1NC(=O)NCC(c1ccccc1OC)N1CCCC1. The molecule has 0 aromatic heterocycles. The second-order valence-electron chi connectivity index (χ2n) is 6.91. The van der Waals surface area contributed by atoms with Gasteiger partial charge in [0.2, 0.25) is 0 Å². The first-order valence-electron chi connectivity index (χ1n) is 9.96. The molecule has 6 nitrogen and oxygen atoms in total. The van der Waals surface area contributed by atoms with Gasteiger partial charge in [-0.1, -0.05) is 18.2 Å². The lowest BCUT2D eigenvalue weighted by molar-refractivity contribution is 0.224. The monoisotopic (exact) mass is 401 g/mol. The molecule has 0 saturated carbocycles. The first-order chi connectivity index (χ1) is 14.1. The first-order valence-corrected chi connectivity index (χ1v) is 9.96. The highest BCUT2D eigenvalue weighted by Crippen LogP contribution is 2.31. The molecule has 29 heavy (non-hydrogen) atoms. The van der Waals surface area contributed by atoms with Crippen molar-refractivity contribution in [1.29, 1.82) is 0 Å². The molecule has 2 aromatic rings. The van der Waals surface area contributed by atoms with Gasteiger partial charge in [-0.3, -0.25) is 4.90 Å². The molecular weight excluding hydrogens is 373 g/mol. The van der Waals surface area contributed by atoms with Crippen molar-refractivity contribution < 1.29 is 18.7 Å². The first kappa shape index (κ1) is 20.9. The third kappa shape index (κ3) is 5.38. The zero-order chi connectivity index (χ0) is 20.6. The molecule has 0 radical (unpaired) electrons. The predicted octanol–water partition coefficient (Wildman–Crippen LogP) is 4.19. The van der Waals surface area contributed by atoms with Gasteiger partial charge in [-0.15, -0.1) is 0 Å². The lowest BCUT2D eigenvalue weighted by atomic mass is 10.0. The van der Waals surface area contributed by atoms with Gasteiger partial charge in [-0.2, -0.15) is 0 Å². The Morgan fingerprint density at radius 3 is 2.66 bits per heavy atom. The van der Waals surface area contributed by atoms with Crippen LogP contribution in [0.4, 0.5) is 14.9 Å². The van der Waals surface area contributed by atoms with Gasteiger partial charge in [0.25, 0.3) is 0 Å². The third-order valence-corrected chi connectivity index (χ3v) is 5.03. The summed E-state index contributed by atoms with van der Waals surface area (Å²) in [4.78, 5) is 14.9. The minimum Gasteiger partial charge on any atom is -0.496 e. The third-order valence-electron chi connectivity index (χ3n) is 5.03. The Morgan fingerprint density at radius 1 is 1.17 bits per heavy atom. The fraction of sp³-hybridized carbons (Fsp3) is 0.409. The van der Waals surface area contributed by atoms with Crippen LogP contribution in [-0.2, 0) is 0 Å². The van der Waals surface area contributed by atoms with E-state index >= 15 is 0 Å². The molecule has 0 aliphatic carbocycles. The fourth-order valence-corrected chi connectivity index (χ4v) is 3.66. The largest absolute Gasteiger partial charge is 0.496 e. The zero-order valence-corrected chi connectivity index (χ0v) is 16.9. The highest BCUT2D eigenvalue weighted by Gasteiger charge is 2.26. The maximum atomic E-state index is 13.5. The summed E-state index contributed by atoms with van der Waals surface area (Å²) in [6.07, 6.45) is 2.29. The smallest absolute Gasteiger partial charge is 0.319 e. The summed E-state index contributed by atoms with van der Waals surface area (Å²) in [6.45, 7) is 4.58. The normalized spacial score (nSPS) is 15.0. The number of hydrogen-bond acceptors (Lipinski definition) is 4. The molecule has 7 heteroatoms. The highest BCUT2D eigenvalue weighted by atomic mass is 19.1. The van der Waals surface area contributed by atoms with E-state index in [4.69, 9.17) is 9.47 Å². The number of benzene rings is 2. The molecule has 1 saturated heterocycles. The Bertz CT molecular complexity index is 825. The topological polar surface area (TPSA) is 62.8 Å². The number of ether oxygens (including phenoxy) is 2. The van der Waals surface area contributed by atoms with Gasteiger partial charge in [-0.05, 0) is 51.1 Å². The number of nitrogens with one attached hydrogen (secondary N) is 2. The van der Waals surface area contributed by atoms with Gasteiger partial charge in [0.15, 0.2) is 0 Å². The molecule has 0 spiro atoms. The number of carbonyl (C=O) groups excluding carboxylic acids is 1. The average Bonchev–Trinajstić information content (AvgIpc) is 3.25. The fourth-order valence-electron chi connectivity index (χ4n) is 3.66. The van der Waals surface area contributed by atoms with E-state index in [-0.39, 0.29) is 12.1 Å². The summed E-state index contributed by atoms with van der Waals surface area (Å²) in [5.41, 5.74) is 1.48. The molecule has 1 fully saturated rings. The Morgan fingerprint density at radius 2 is 1.93 bits per heavy atom. The van der Waals surface area contributed by atoms with Gasteiger partial charge < -0.3 is 20.1 Å². The van der Waals surface area contributed by atoms with Gasteiger partial charge in [0.1, 0.15) is 17.3 Å². The van der Waals surface area contributed by atoms with Crippen molar-refractivity contribution >= 4 is 11.7 Å². The molecule has 3 rings (SSSR count). The van der Waals surface area contributed by atoms with Crippen molar-refractivity contribution in [1.82, 2.24) is 10.2 Å². The molecule has 156 valence electrons. The summed E-state index contributed by atoms with van der Waals surface area (Å²) in [5, 5.41) is 5.70. The molecule has 1 aliphatic heterocycles. The minimum absolute atomic E-state index is 0.0129. The van der Waals surface area contributed by atoms with Gasteiger partial charge in [0, 0.05) is 18.2 Å². The number of amides is 2. The van der Waals surface area contributed by atoms with Crippen LogP contribution in [0.1, 0.15) is 31.4 Å². The van der Waals surface area contributed by atoms with Crippen LogP contribution < -0.4 is 20.1 Å². The molecule has 2 aromatic carbocycles. The molecule has 2 N–H and O–H groups in total. The lowest BCUT2D eigenvalue weighted by Crippen LogP contribution is -2.38. The number of likely N-dealkylation sites (tertiary alicyclic amines) is 1. The maximum absolute atomic E-state index is 13.5. The van der Waals surface area contributed by atoms with E-state index in [1.165, 1.54) is 18.2 Å². The number of anilines is 1. The molecule has 0 bridgehead atoms. The number of halogens is 1. The van der Waals surface area contributed by atoms with E-state index < -0.39 is 5.82 Å². The highest BCUT2D eigenvalue weighted by molar-refractivity contribution is 5.90. The van der Waals surface area contributed by atoms with Crippen LogP contribution in [0, 0.1) is 5.82 Å². The number of nitrogens with zero attached hydrogens (tertiary/aromatic N) is 1. The van der Waals surface area contributed by atoms with E-state index in [9.17, 15) is 9.18 Å². The average molecular weight is 401 g/mol. The standard InChI is InChI=1S/C22H28FN3O3/c1-3-29-21-14-16(23)10-11-18(21)25-22(27)24-15-19(26-12-6-7-13-26)17-8-4-5-9-20(17)28-2/h4-5,8-11,14,19H,3,6-7,12-13,15H2,1-2H3,(H2,24,25,27). The molecule has 1 heterocycles. The van der Waals surface area contributed by atoms with E-state index in [0.29, 0.717) is 24.6 Å². The second-order valence-corrected chi connectivity index (χ2v) is 6.91. The van der Waals surface area contributed by atoms with Gasteiger partial charge in [-0.25, -0.2) is 9.18 Å². The van der Waals surface area contributed by atoms with Crippen molar-refractivity contribution in [2.24, 2.45) is 0 Å². The minimum atomic E-state index is -0.412. The molecule has 1 atom stereocenters. The molecule has 1 unspecified atom stereocenters. The van der Waals surface area contributed by atoms with Crippen molar-refractivity contribution in [3.63, 3.8) is 0 Å². The van der Waals surface area contributed by atoms with Crippen LogP contribution in [0.5, 0.6) is 11.5 Å². The summed E-state index contributed by atoms with van der Waals surface area (Å²) >= 11 is 0. The van der Waals surface area contributed by atoms with Crippen LogP contribution in [-0.4, -0.2) is 44.3 Å². The number of hydrogen-bond donors (Lipinski definition) is 2. The number of rotatable bonds is 8. The van der Waals surface area contributed by atoms with Crippen molar-refractivity contribution in [2.45, 2.75) is 25.8 Å². The summed E-state index contributed by atoms with van der Waals surface area (Å²) in [6, 6.07) is 11.6. The Kier molecular flexibility index (Phi) is 7.30. The van der Waals surface area contributed by atoms with Crippen LogP contribution in [0.2, 0.25) is 0 Å². The van der Waals surface area contributed by atoms with Crippen LogP contribution in [0.3, 0.4) is 0 Å². The second kappa shape index (κ2) is 10.1. The Hall–Kier alpha value is -2.80. The van der Waals surface area contributed by atoms with Crippen molar-refractivity contribution in [3.8, 4) is 11.5 Å². The summed E-state index contributed by atoms with van der Waals surface area (Å²) in [7, 11) is 1.66. The summed E-state index contributed by atoms with van der Waals surface area (Å²) in [5.74, 6) is 0.705. The quantitative estimate of drug-likeness (QED) is 0.696. The maximum Gasteiger partial charge on any atom is 0.319 e. The van der Waals surface area contributed by atoms with E-state index in [2.05, 4.69) is 15.5 Å². The Balaban J connectivity index is 1.70. The zero-order valence-electron chi connectivity index (χ0n) is 16.9. The molecule has 1 aliphatic rings. The van der Waals surface area contributed by atoms with Gasteiger partial charge >= 0.3 is 6.03 Å². The number of para-hydroxylation sites is 1. The van der Waals surface area contributed by atoms with E-state index in [0.717, 1.165) is 37.2 Å². The van der Waals surface area contributed by atoms with Crippen LogP contribution in [0.25, 0.3) is 0 Å². The van der Waals surface area contributed by atoms with E-state index in [1.54, 1.807) is 7.11 Å². The van der Waals surface area contributed by atoms with Crippen molar-refractivity contribution in [2.75, 3.05) is 38.7 Å².